The summed E-state index contributed by atoms with van der Waals surface area (Å²) in [5.74, 6) is 0.630. The number of carbonyl (C=O) groups excluding carboxylic acids is 2. The zero-order valence-electron chi connectivity index (χ0n) is 17.7. The lowest BCUT2D eigenvalue weighted by Crippen LogP contribution is -2.48. The summed E-state index contributed by atoms with van der Waals surface area (Å²) in [6.45, 7) is 1.15. The van der Waals surface area contributed by atoms with Crippen molar-refractivity contribution in [2.45, 2.75) is 57.0 Å². The Morgan fingerprint density at radius 2 is 1.73 bits per heavy atom. The highest BCUT2D eigenvalue weighted by atomic mass is 16.5. The molecule has 1 heterocycles. The van der Waals surface area contributed by atoms with Crippen LogP contribution in [0.25, 0.3) is 0 Å². The Bertz CT molecular complexity index is 887. The third-order valence-electron chi connectivity index (χ3n) is 6.78. The van der Waals surface area contributed by atoms with Gasteiger partial charge in [0.25, 0.3) is 0 Å². The van der Waals surface area contributed by atoms with E-state index in [4.69, 9.17) is 9.47 Å². The molecule has 0 radical (unpaired) electrons. The van der Waals surface area contributed by atoms with Crippen molar-refractivity contribution in [1.29, 1.82) is 5.26 Å². The molecule has 2 saturated carbocycles. The van der Waals surface area contributed by atoms with Crippen LogP contribution in [0.3, 0.4) is 0 Å². The molecule has 0 saturated heterocycles. The largest absolute Gasteiger partial charge is 0.493 e. The zero-order valence-corrected chi connectivity index (χ0v) is 17.7. The first kappa shape index (κ1) is 20.5. The standard InChI is InChI=1S/C23H29N3O4/c1-29-19-11-15-7-10-26(13-16(15)12-20(19)30-2)22(28)18-6-4-3-5-17(18)21(27)25-23(14-24)8-9-23/h11-12,17-18H,3-10,13H2,1-2H3,(H,25,27). The van der Waals surface area contributed by atoms with Crippen molar-refractivity contribution in [3.63, 3.8) is 0 Å². The van der Waals surface area contributed by atoms with Crippen molar-refractivity contribution < 1.29 is 19.1 Å². The van der Waals surface area contributed by atoms with Crippen LogP contribution in [0.5, 0.6) is 11.5 Å². The first-order valence-electron chi connectivity index (χ1n) is 10.8. The number of nitrogens with one attached hydrogen (secondary N) is 1. The molecule has 2 atom stereocenters. The number of fused-ring (bicyclic) bond motifs is 1. The minimum atomic E-state index is -0.693. The lowest BCUT2D eigenvalue weighted by molar-refractivity contribution is -0.144. The van der Waals surface area contributed by atoms with Crippen molar-refractivity contribution in [2.75, 3.05) is 20.8 Å². The first-order valence-corrected chi connectivity index (χ1v) is 10.8. The highest BCUT2D eigenvalue weighted by Gasteiger charge is 2.47. The van der Waals surface area contributed by atoms with E-state index in [2.05, 4.69) is 11.4 Å². The summed E-state index contributed by atoms with van der Waals surface area (Å²) in [6.07, 6.45) is 5.50. The summed E-state index contributed by atoms with van der Waals surface area (Å²) in [7, 11) is 3.23. The monoisotopic (exact) mass is 411 g/mol. The molecule has 4 rings (SSSR count). The minimum Gasteiger partial charge on any atom is -0.493 e. The van der Waals surface area contributed by atoms with Gasteiger partial charge in [0.1, 0.15) is 5.54 Å². The molecule has 160 valence electrons. The molecular formula is C23H29N3O4. The number of methoxy groups -OCH3 is 2. The van der Waals surface area contributed by atoms with Gasteiger partial charge in [-0.1, -0.05) is 12.8 Å². The van der Waals surface area contributed by atoms with E-state index in [1.54, 1.807) is 14.2 Å². The summed E-state index contributed by atoms with van der Waals surface area (Å²) in [6, 6.07) is 6.15. The number of nitriles is 1. The molecule has 1 aliphatic heterocycles. The first-order chi connectivity index (χ1) is 14.5. The predicted octanol–water partition coefficient (Wildman–Crippen LogP) is 2.57. The summed E-state index contributed by atoms with van der Waals surface area (Å²) >= 11 is 0. The Morgan fingerprint density at radius 1 is 1.10 bits per heavy atom. The second kappa shape index (κ2) is 8.17. The highest BCUT2D eigenvalue weighted by Crippen LogP contribution is 2.38. The van der Waals surface area contributed by atoms with E-state index in [0.717, 1.165) is 31.2 Å². The van der Waals surface area contributed by atoms with Crippen LogP contribution < -0.4 is 14.8 Å². The fourth-order valence-electron chi connectivity index (χ4n) is 4.76. The number of hydrogen-bond donors (Lipinski definition) is 1. The fraction of sp³-hybridized carbons (Fsp3) is 0.609. The van der Waals surface area contributed by atoms with Crippen LogP contribution in [0.1, 0.15) is 49.7 Å². The van der Waals surface area contributed by atoms with Crippen LogP contribution >= 0.6 is 0 Å². The van der Waals surface area contributed by atoms with Gasteiger partial charge >= 0.3 is 0 Å². The van der Waals surface area contributed by atoms with Gasteiger partial charge in [0.2, 0.25) is 11.8 Å². The molecule has 1 aromatic rings. The molecule has 3 aliphatic rings. The Balaban J connectivity index is 1.49. The van der Waals surface area contributed by atoms with Crippen molar-refractivity contribution >= 4 is 11.8 Å². The zero-order chi connectivity index (χ0) is 21.3. The third kappa shape index (κ3) is 3.83. The minimum absolute atomic E-state index is 0.0529. The van der Waals surface area contributed by atoms with Crippen molar-refractivity contribution in [1.82, 2.24) is 10.2 Å². The summed E-state index contributed by atoms with van der Waals surface area (Å²) in [4.78, 5) is 28.2. The van der Waals surface area contributed by atoms with Crippen LogP contribution in [0.4, 0.5) is 0 Å². The van der Waals surface area contributed by atoms with Gasteiger partial charge in [-0.3, -0.25) is 9.59 Å². The number of ether oxygens (including phenoxy) is 2. The fourth-order valence-corrected chi connectivity index (χ4v) is 4.76. The molecule has 7 heteroatoms. The van der Waals surface area contributed by atoms with Crippen molar-refractivity contribution in [3.8, 4) is 17.6 Å². The maximum absolute atomic E-state index is 13.4. The van der Waals surface area contributed by atoms with Gasteiger partial charge in [0, 0.05) is 24.9 Å². The molecule has 2 aliphatic carbocycles. The lowest BCUT2D eigenvalue weighted by atomic mass is 9.77. The number of carbonyl (C=O) groups is 2. The molecular weight excluding hydrogens is 382 g/mol. The molecule has 2 amide bonds. The Labute approximate surface area is 177 Å². The van der Waals surface area contributed by atoms with Crippen LogP contribution in [-0.2, 0) is 22.6 Å². The molecule has 7 nitrogen and oxygen atoms in total. The predicted molar refractivity (Wildman–Crippen MR) is 110 cm³/mol. The number of nitrogens with zero attached hydrogens (tertiary/aromatic N) is 2. The van der Waals surface area contributed by atoms with Gasteiger partial charge in [0.05, 0.1) is 20.3 Å². The van der Waals surface area contributed by atoms with Gasteiger partial charge < -0.3 is 19.7 Å². The van der Waals surface area contributed by atoms with E-state index in [-0.39, 0.29) is 23.7 Å². The second-order valence-corrected chi connectivity index (χ2v) is 8.67. The third-order valence-corrected chi connectivity index (χ3v) is 6.78. The molecule has 1 aromatic carbocycles. The highest BCUT2D eigenvalue weighted by molar-refractivity contribution is 5.89. The molecule has 2 fully saturated rings. The smallest absolute Gasteiger partial charge is 0.226 e. The van der Waals surface area contributed by atoms with Gasteiger partial charge in [0.15, 0.2) is 11.5 Å². The maximum Gasteiger partial charge on any atom is 0.226 e. The van der Waals surface area contributed by atoms with Crippen LogP contribution in [0, 0.1) is 23.2 Å². The van der Waals surface area contributed by atoms with Crippen LogP contribution in [0.15, 0.2) is 12.1 Å². The van der Waals surface area contributed by atoms with Gasteiger partial charge in [-0.25, -0.2) is 0 Å². The Kier molecular flexibility index (Phi) is 5.59. The Morgan fingerprint density at radius 3 is 2.33 bits per heavy atom. The molecule has 30 heavy (non-hydrogen) atoms. The maximum atomic E-state index is 13.4. The van der Waals surface area contributed by atoms with Crippen molar-refractivity contribution in [3.05, 3.63) is 23.3 Å². The van der Waals surface area contributed by atoms with E-state index in [0.29, 0.717) is 43.9 Å². The summed E-state index contributed by atoms with van der Waals surface area (Å²) in [5.41, 5.74) is 1.53. The van der Waals surface area contributed by atoms with E-state index >= 15 is 0 Å². The SMILES string of the molecule is COc1cc2c(cc1OC)CN(C(=O)C1CCCCC1C(=O)NC1(C#N)CC1)CC2. The van der Waals surface area contributed by atoms with Gasteiger partial charge in [-0.2, -0.15) is 5.26 Å². The van der Waals surface area contributed by atoms with E-state index in [9.17, 15) is 14.9 Å². The quantitative estimate of drug-likeness (QED) is 0.804. The van der Waals surface area contributed by atoms with Gasteiger partial charge in [-0.05, 0) is 55.4 Å². The molecule has 0 bridgehead atoms. The van der Waals surface area contributed by atoms with E-state index < -0.39 is 5.54 Å². The molecule has 2 unspecified atom stereocenters. The topological polar surface area (TPSA) is 91.7 Å². The summed E-state index contributed by atoms with van der Waals surface area (Å²) < 4.78 is 10.8. The Hall–Kier alpha value is -2.75. The average Bonchev–Trinajstić information content (AvgIpc) is 3.56. The molecule has 1 N–H and O–H groups in total. The lowest BCUT2D eigenvalue weighted by Gasteiger charge is -2.36. The number of benzene rings is 1. The van der Waals surface area contributed by atoms with Crippen LogP contribution in [0.2, 0.25) is 0 Å². The molecule has 0 aromatic heterocycles. The van der Waals surface area contributed by atoms with Gasteiger partial charge in [-0.15, -0.1) is 0 Å². The van der Waals surface area contributed by atoms with Crippen LogP contribution in [-0.4, -0.2) is 43.0 Å². The average molecular weight is 412 g/mol. The van der Waals surface area contributed by atoms with E-state index in [1.807, 2.05) is 17.0 Å². The second-order valence-electron chi connectivity index (χ2n) is 8.67. The molecule has 0 spiro atoms. The van der Waals surface area contributed by atoms with E-state index in [1.165, 1.54) is 5.56 Å². The van der Waals surface area contributed by atoms with Crippen molar-refractivity contribution in [2.24, 2.45) is 11.8 Å². The normalized spacial score (nSPS) is 24.2. The number of amides is 2. The summed E-state index contributed by atoms with van der Waals surface area (Å²) in [5, 5.41) is 12.2. The number of rotatable bonds is 5. The number of hydrogen-bond acceptors (Lipinski definition) is 5.